The number of nitrogens with one attached hydrogen (secondary N) is 1. The zero-order valence-corrected chi connectivity index (χ0v) is 14.5. The van der Waals surface area contributed by atoms with E-state index in [0.717, 1.165) is 54.8 Å². The molecule has 0 unspecified atom stereocenters. The van der Waals surface area contributed by atoms with E-state index in [1.807, 2.05) is 11.6 Å². The fourth-order valence-corrected chi connectivity index (χ4v) is 2.62. The molecule has 0 aromatic carbocycles. The normalized spacial score (nSPS) is 11.0. The van der Waals surface area contributed by atoms with Gasteiger partial charge in [-0.1, -0.05) is 20.3 Å². The van der Waals surface area contributed by atoms with Gasteiger partial charge in [0.15, 0.2) is 5.65 Å². The Morgan fingerprint density at radius 1 is 1.30 bits per heavy atom. The van der Waals surface area contributed by atoms with Crippen LogP contribution in [0.1, 0.15) is 56.1 Å². The Morgan fingerprint density at radius 2 is 2.09 bits per heavy atom. The van der Waals surface area contributed by atoms with Gasteiger partial charge >= 0.3 is 5.97 Å². The van der Waals surface area contributed by atoms with E-state index in [0.29, 0.717) is 12.2 Å². The van der Waals surface area contributed by atoms with E-state index in [1.54, 1.807) is 13.1 Å². The van der Waals surface area contributed by atoms with Gasteiger partial charge in [-0.15, -0.1) is 0 Å². The molecule has 0 bridgehead atoms. The number of esters is 1. The molecule has 0 spiro atoms. The van der Waals surface area contributed by atoms with Crippen molar-refractivity contribution in [2.24, 2.45) is 0 Å². The van der Waals surface area contributed by atoms with Crippen molar-refractivity contribution in [3.05, 3.63) is 17.5 Å². The van der Waals surface area contributed by atoms with Gasteiger partial charge in [0, 0.05) is 19.3 Å². The second-order valence-corrected chi connectivity index (χ2v) is 5.55. The van der Waals surface area contributed by atoms with Gasteiger partial charge in [0.2, 0.25) is 0 Å². The number of anilines is 1. The highest BCUT2D eigenvalue weighted by molar-refractivity contribution is 6.05. The SMILES string of the molecule is CCCCNc1c(C(=O)OCC)cnc2c1c(C)nn2CCC. The molecule has 0 aliphatic heterocycles. The summed E-state index contributed by atoms with van der Waals surface area (Å²) < 4.78 is 7.08. The third-order valence-electron chi connectivity index (χ3n) is 3.70. The Bertz CT molecular complexity index is 679. The molecule has 0 aliphatic carbocycles. The maximum atomic E-state index is 12.3. The van der Waals surface area contributed by atoms with Crippen molar-refractivity contribution in [1.82, 2.24) is 14.8 Å². The number of nitrogens with zero attached hydrogens (tertiary/aromatic N) is 3. The molecule has 0 saturated carbocycles. The maximum absolute atomic E-state index is 12.3. The van der Waals surface area contributed by atoms with Crippen LogP contribution in [0, 0.1) is 6.92 Å². The van der Waals surface area contributed by atoms with Crippen LogP contribution in [0.15, 0.2) is 6.20 Å². The number of aryl methyl sites for hydroxylation is 2. The molecule has 2 aromatic rings. The summed E-state index contributed by atoms with van der Waals surface area (Å²) >= 11 is 0. The zero-order valence-electron chi connectivity index (χ0n) is 14.5. The van der Waals surface area contributed by atoms with Gasteiger partial charge in [-0.3, -0.25) is 0 Å². The van der Waals surface area contributed by atoms with E-state index in [4.69, 9.17) is 4.74 Å². The first kappa shape index (κ1) is 17.2. The highest BCUT2D eigenvalue weighted by Gasteiger charge is 2.20. The molecule has 0 saturated heterocycles. The van der Waals surface area contributed by atoms with Crippen LogP contribution in [-0.4, -0.2) is 33.9 Å². The summed E-state index contributed by atoms with van der Waals surface area (Å²) in [7, 11) is 0. The van der Waals surface area contributed by atoms with Crippen molar-refractivity contribution in [2.75, 3.05) is 18.5 Å². The molecular formula is C17H26N4O2. The van der Waals surface area contributed by atoms with Crippen LogP contribution in [0.4, 0.5) is 5.69 Å². The lowest BCUT2D eigenvalue weighted by atomic mass is 10.1. The second kappa shape index (κ2) is 7.94. The molecule has 2 heterocycles. The number of pyridine rings is 1. The first-order valence-corrected chi connectivity index (χ1v) is 8.41. The van der Waals surface area contributed by atoms with Gasteiger partial charge in [-0.25, -0.2) is 14.5 Å². The predicted molar refractivity (Wildman–Crippen MR) is 91.9 cm³/mol. The van der Waals surface area contributed by atoms with Gasteiger partial charge in [-0.2, -0.15) is 5.10 Å². The summed E-state index contributed by atoms with van der Waals surface area (Å²) in [6.07, 6.45) is 4.70. The second-order valence-electron chi connectivity index (χ2n) is 5.55. The summed E-state index contributed by atoms with van der Waals surface area (Å²) in [5.74, 6) is -0.344. The number of carbonyl (C=O) groups excluding carboxylic acids is 1. The minimum absolute atomic E-state index is 0.344. The molecule has 0 atom stereocenters. The number of carbonyl (C=O) groups is 1. The molecule has 0 fully saturated rings. The first-order chi connectivity index (χ1) is 11.1. The summed E-state index contributed by atoms with van der Waals surface area (Å²) in [5.41, 5.74) is 2.97. The molecule has 0 amide bonds. The lowest BCUT2D eigenvalue weighted by Crippen LogP contribution is -2.12. The minimum Gasteiger partial charge on any atom is -0.462 e. The van der Waals surface area contributed by atoms with Crippen LogP contribution in [0.5, 0.6) is 0 Å². The summed E-state index contributed by atoms with van der Waals surface area (Å²) in [6, 6.07) is 0. The quantitative estimate of drug-likeness (QED) is 0.595. The number of fused-ring (bicyclic) bond motifs is 1. The standard InChI is InChI=1S/C17H26N4O2/c1-5-8-9-18-15-13(17(22)23-7-3)11-19-16-14(15)12(4)20-21(16)10-6-2/h11H,5-10H2,1-4H3,(H,18,19). The predicted octanol–water partition coefficient (Wildman–Crippen LogP) is 3.54. The van der Waals surface area contributed by atoms with E-state index < -0.39 is 0 Å². The van der Waals surface area contributed by atoms with E-state index in [9.17, 15) is 4.79 Å². The first-order valence-electron chi connectivity index (χ1n) is 8.41. The van der Waals surface area contributed by atoms with E-state index >= 15 is 0 Å². The number of aromatic nitrogens is 3. The van der Waals surface area contributed by atoms with Crippen LogP contribution in [0.25, 0.3) is 11.0 Å². The highest BCUT2D eigenvalue weighted by atomic mass is 16.5. The monoisotopic (exact) mass is 318 g/mol. The molecule has 2 rings (SSSR count). The van der Waals surface area contributed by atoms with Crippen molar-refractivity contribution < 1.29 is 9.53 Å². The fourth-order valence-electron chi connectivity index (χ4n) is 2.62. The average molecular weight is 318 g/mol. The highest BCUT2D eigenvalue weighted by Crippen LogP contribution is 2.29. The summed E-state index contributed by atoms with van der Waals surface area (Å²) in [4.78, 5) is 16.7. The molecule has 23 heavy (non-hydrogen) atoms. The van der Waals surface area contributed by atoms with Crippen molar-refractivity contribution >= 4 is 22.7 Å². The van der Waals surface area contributed by atoms with Crippen molar-refractivity contribution in [1.29, 1.82) is 0 Å². The third-order valence-corrected chi connectivity index (χ3v) is 3.70. The van der Waals surface area contributed by atoms with Gasteiger partial charge in [-0.05, 0) is 26.7 Å². The van der Waals surface area contributed by atoms with Gasteiger partial charge in [0.1, 0.15) is 5.56 Å². The number of ether oxygens (including phenoxy) is 1. The molecule has 6 nitrogen and oxygen atoms in total. The Kier molecular flexibility index (Phi) is 5.96. The Balaban J connectivity index is 2.55. The van der Waals surface area contributed by atoms with Crippen molar-refractivity contribution in [3.8, 4) is 0 Å². The van der Waals surface area contributed by atoms with Crippen LogP contribution in [0.2, 0.25) is 0 Å². The molecule has 1 N–H and O–H groups in total. The third kappa shape index (κ3) is 3.63. The average Bonchev–Trinajstić information content (AvgIpc) is 2.85. The molecule has 126 valence electrons. The van der Waals surface area contributed by atoms with Crippen LogP contribution in [0.3, 0.4) is 0 Å². The zero-order chi connectivity index (χ0) is 16.8. The van der Waals surface area contributed by atoms with Crippen LogP contribution in [-0.2, 0) is 11.3 Å². The molecular weight excluding hydrogens is 292 g/mol. The summed E-state index contributed by atoms with van der Waals surface area (Å²) in [6.45, 7) is 9.97. The molecule has 6 heteroatoms. The smallest absolute Gasteiger partial charge is 0.341 e. The maximum Gasteiger partial charge on any atom is 0.341 e. The number of hydrogen-bond acceptors (Lipinski definition) is 5. The van der Waals surface area contributed by atoms with Crippen LogP contribution < -0.4 is 5.32 Å². The Hall–Kier alpha value is -2.11. The molecule has 0 radical (unpaired) electrons. The number of hydrogen-bond donors (Lipinski definition) is 1. The van der Waals surface area contributed by atoms with Gasteiger partial charge < -0.3 is 10.1 Å². The molecule has 2 aromatic heterocycles. The lowest BCUT2D eigenvalue weighted by Gasteiger charge is -2.12. The van der Waals surface area contributed by atoms with Gasteiger partial charge in [0.25, 0.3) is 0 Å². The van der Waals surface area contributed by atoms with Gasteiger partial charge in [0.05, 0.1) is 23.4 Å². The van der Waals surface area contributed by atoms with E-state index in [1.165, 1.54) is 0 Å². The fraction of sp³-hybridized carbons (Fsp3) is 0.588. The van der Waals surface area contributed by atoms with Crippen molar-refractivity contribution in [2.45, 2.75) is 53.5 Å². The van der Waals surface area contributed by atoms with Crippen LogP contribution >= 0.6 is 0 Å². The topological polar surface area (TPSA) is 69.0 Å². The number of rotatable bonds is 8. The van der Waals surface area contributed by atoms with Crippen molar-refractivity contribution in [3.63, 3.8) is 0 Å². The number of unbranched alkanes of at least 4 members (excludes halogenated alkanes) is 1. The Morgan fingerprint density at radius 3 is 2.74 bits per heavy atom. The minimum atomic E-state index is -0.344. The van der Waals surface area contributed by atoms with E-state index in [2.05, 4.69) is 29.2 Å². The largest absolute Gasteiger partial charge is 0.462 e. The molecule has 0 aliphatic rings. The van der Waals surface area contributed by atoms with E-state index in [-0.39, 0.29) is 5.97 Å². The summed E-state index contributed by atoms with van der Waals surface area (Å²) in [5, 5.41) is 8.89. The Labute approximate surface area is 137 Å². The lowest BCUT2D eigenvalue weighted by molar-refractivity contribution is 0.0527.